The van der Waals surface area contributed by atoms with Gasteiger partial charge in [-0.3, -0.25) is 0 Å². The summed E-state index contributed by atoms with van der Waals surface area (Å²) in [6, 6.07) is 14.7. The van der Waals surface area contributed by atoms with E-state index in [1.54, 1.807) is 0 Å². The molecule has 2 aromatic rings. The number of halogens is 1. The van der Waals surface area contributed by atoms with Gasteiger partial charge in [0.2, 0.25) is 0 Å². The second kappa shape index (κ2) is 6.78. The van der Waals surface area contributed by atoms with E-state index in [2.05, 4.69) is 55.3 Å². The molecule has 0 heterocycles. The summed E-state index contributed by atoms with van der Waals surface area (Å²) in [5, 5.41) is 0.782. The zero-order valence-electron chi connectivity index (χ0n) is 12.1. The first-order valence-corrected chi connectivity index (χ1v) is 7.34. The Morgan fingerprint density at radius 3 is 2.25 bits per heavy atom. The quantitative estimate of drug-likeness (QED) is 0.895. The second-order valence-corrected chi connectivity index (χ2v) is 5.30. The number of benzene rings is 2. The summed E-state index contributed by atoms with van der Waals surface area (Å²) >= 11 is 6.31. The molecule has 0 saturated carbocycles. The largest absolute Gasteiger partial charge is 0.345 e. The highest BCUT2D eigenvalue weighted by molar-refractivity contribution is 6.31. The lowest BCUT2D eigenvalue weighted by Crippen LogP contribution is -2.10. The van der Waals surface area contributed by atoms with Gasteiger partial charge in [0.05, 0.1) is 0 Å². The number of hydrogen-bond donors (Lipinski definition) is 1. The van der Waals surface area contributed by atoms with E-state index < -0.39 is 0 Å². The molecule has 0 radical (unpaired) electrons. The Morgan fingerprint density at radius 1 is 1.05 bits per heavy atom. The van der Waals surface area contributed by atoms with Gasteiger partial charge in [-0.1, -0.05) is 36.7 Å². The van der Waals surface area contributed by atoms with Gasteiger partial charge < -0.3 is 10.6 Å². The molecule has 0 aliphatic rings. The van der Waals surface area contributed by atoms with Gasteiger partial charge in [0, 0.05) is 23.4 Å². The predicted molar refractivity (Wildman–Crippen MR) is 88.1 cm³/mol. The molecule has 0 aromatic heterocycles. The summed E-state index contributed by atoms with van der Waals surface area (Å²) in [6.45, 7) is 2.78. The van der Waals surface area contributed by atoms with Gasteiger partial charge >= 0.3 is 0 Å². The first kappa shape index (κ1) is 14.9. The Hall–Kier alpha value is -1.51. The molecule has 2 aromatic carbocycles. The molecule has 0 bridgehead atoms. The van der Waals surface area contributed by atoms with Crippen LogP contribution in [-0.2, 0) is 12.8 Å². The van der Waals surface area contributed by atoms with E-state index in [1.807, 2.05) is 6.07 Å². The molecule has 0 fully saturated rings. The van der Waals surface area contributed by atoms with Crippen LogP contribution >= 0.6 is 11.6 Å². The van der Waals surface area contributed by atoms with Gasteiger partial charge in [-0.25, -0.2) is 0 Å². The summed E-state index contributed by atoms with van der Waals surface area (Å²) in [7, 11) is 2.05. The molecule has 106 valence electrons. The molecule has 2 nitrogen and oxygen atoms in total. The molecule has 0 aliphatic heterocycles. The highest BCUT2D eigenvalue weighted by atomic mass is 35.5. The summed E-state index contributed by atoms with van der Waals surface area (Å²) in [5.41, 5.74) is 10.3. The lowest BCUT2D eigenvalue weighted by atomic mass is 10.1. The molecule has 0 saturated heterocycles. The van der Waals surface area contributed by atoms with Crippen LogP contribution < -0.4 is 10.6 Å². The van der Waals surface area contributed by atoms with Gasteiger partial charge in [0.15, 0.2) is 0 Å². The van der Waals surface area contributed by atoms with Crippen molar-refractivity contribution in [1.29, 1.82) is 0 Å². The van der Waals surface area contributed by atoms with E-state index in [-0.39, 0.29) is 0 Å². The molecule has 0 aliphatic carbocycles. The van der Waals surface area contributed by atoms with Crippen LogP contribution in [0.1, 0.15) is 18.1 Å². The van der Waals surface area contributed by atoms with E-state index in [0.29, 0.717) is 6.54 Å². The second-order valence-electron chi connectivity index (χ2n) is 4.89. The molecule has 2 N–H and O–H groups in total. The van der Waals surface area contributed by atoms with Gasteiger partial charge in [-0.05, 0) is 54.8 Å². The molecule has 0 amide bonds. The van der Waals surface area contributed by atoms with Crippen molar-refractivity contribution < 1.29 is 0 Å². The van der Waals surface area contributed by atoms with Gasteiger partial charge in [0.25, 0.3) is 0 Å². The van der Waals surface area contributed by atoms with Crippen LogP contribution in [0.15, 0.2) is 42.5 Å². The van der Waals surface area contributed by atoms with Crippen molar-refractivity contribution >= 4 is 23.0 Å². The fraction of sp³-hybridized carbons (Fsp3) is 0.294. The Bertz CT molecular complexity index is 564. The van der Waals surface area contributed by atoms with Crippen molar-refractivity contribution in [1.82, 2.24) is 0 Å². The highest BCUT2D eigenvalue weighted by Crippen LogP contribution is 2.28. The monoisotopic (exact) mass is 288 g/mol. The van der Waals surface area contributed by atoms with E-state index in [9.17, 15) is 0 Å². The summed E-state index contributed by atoms with van der Waals surface area (Å²) in [6.07, 6.45) is 1.87. The molecule has 20 heavy (non-hydrogen) atoms. The molecular formula is C17H21ClN2. The van der Waals surface area contributed by atoms with E-state index in [1.165, 1.54) is 5.56 Å². The number of hydrogen-bond acceptors (Lipinski definition) is 2. The van der Waals surface area contributed by atoms with Crippen LogP contribution in [0.2, 0.25) is 5.02 Å². The third kappa shape index (κ3) is 3.33. The average Bonchev–Trinajstić information content (AvgIpc) is 2.49. The molecule has 3 heteroatoms. The van der Waals surface area contributed by atoms with E-state index in [0.717, 1.165) is 34.8 Å². The molecule has 2 rings (SSSR count). The summed E-state index contributed by atoms with van der Waals surface area (Å²) in [5.74, 6) is 0. The van der Waals surface area contributed by atoms with Crippen LogP contribution in [0.25, 0.3) is 0 Å². The van der Waals surface area contributed by atoms with Gasteiger partial charge in [-0.2, -0.15) is 0 Å². The van der Waals surface area contributed by atoms with Crippen LogP contribution in [-0.4, -0.2) is 13.6 Å². The fourth-order valence-corrected chi connectivity index (χ4v) is 2.48. The summed E-state index contributed by atoms with van der Waals surface area (Å²) < 4.78 is 0. The molecule has 0 atom stereocenters. The Kier molecular flexibility index (Phi) is 5.05. The van der Waals surface area contributed by atoms with Crippen molar-refractivity contribution in [2.75, 3.05) is 18.5 Å². The van der Waals surface area contributed by atoms with Crippen LogP contribution in [0.3, 0.4) is 0 Å². The minimum Gasteiger partial charge on any atom is -0.345 e. The number of nitrogens with two attached hydrogens (primary N) is 1. The Balaban J connectivity index is 2.23. The van der Waals surface area contributed by atoms with Crippen molar-refractivity contribution in [3.63, 3.8) is 0 Å². The number of aryl methyl sites for hydroxylation is 1. The zero-order chi connectivity index (χ0) is 14.5. The van der Waals surface area contributed by atoms with Crippen molar-refractivity contribution in [3.8, 4) is 0 Å². The van der Waals surface area contributed by atoms with Gasteiger partial charge in [-0.15, -0.1) is 0 Å². The van der Waals surface area contributed by atoms with E-state index in [4.69, 9.17) is 17.3 Å². The SMILES string of the molecule is CCc1ccc(N(C)c2ccc(CCN)c(Cl)c2)cc1. The lowest BCUT2D eigenvalue weighted by Gasteiger charge is -2.20. The first-order chi connectivity index (χ1) is 9.65. The normalized spacial score (nSPS) is 10.6. The van der Waals surface area contributed by atoms with Crippen molar-refractivity contribution in [2.45, 2.75) is 19.8 Å². The Labute approximate surface area is 126 Å². The van der Waals surface area contributed by atoms with Crippen LogP contribution in [0.5, 0.6) is 0 Å². The molecule has 0 spiro atoms. The lowest BCUT2D eigenvalue weighted by molar-refractivity contribution is 0.968. The number of nitrogens with zero attached hydrogens (tertiary/aromatic N) is 1. The van der Waals surface area contributed by atoms with Gasteiger partial charge in [0.1, 0.15) is 0 Å². The van der Waals surface area contributed by atoms with Crippen molar-refractivity contribution in [3.05, 3.63) is 58.6 Å². The first-order valence-electron chi connectivity index (χ1n) is 6.97. The topological polar surface area (TPSA) is 29.3 Å². The maximum absolute atomic E-state index is 6.31. The standard InChI is InChI=1S/C17H21ClN2/c1-3-13-4-7-15(8-5-13)20(2)16-9-6-14(10-11-19)17(18)12-16/h4-9,12H,3,10-11,19H2,1-2H3. The van der Waals surface area contributed by atoms with Crippen molar-refractivity contribution in [2.24, 2.45) is 5.73 Å². The minimum atomic E-state index is 0.618. The van der Waals surface area contributed by atoms with Crippen LogP contribution in [0.4, 0.5) is 11.4 Å². The third-order valence-electron chi connectivity index (χ3n) is 3.57. The smallest absolute Gasteiger partial charge is 0.0459 e. The Morgan fingerprint density at radius 2 is 1.70 bits per heavy atom. The number of rotatable bonds is 5. The maximum Gasteiger partial charge on any atom is 0.0459 e. The highest BCUT2D eigenvalue weighted by Gasteiger charge is 2.07. The van der Waals surface area contributed by atoms with E-state index >= 15 is 0 Å². The molecular weight excluding hydrogens is 268 g/mol. The summed E-state index contributed by atoms with van der Waals surface area (Å²) in [4.78, 5) is 2.14. The predicted octanol–water partition coefficient (Wildman–Crippen LogP) is 4.17. The average molecular weight is 289 g/mol. The molecule has 0 unspecified atom stereocenters. The number of anilines is 2. The zero-order valence-corrected chi connectivity index (χ0v) is 12.8. The fourth-order valence-electron chi connectivity index (χ4n) is 2.21. The third-order valence-corrected chi connectivity index (χ3v) is 3.92. The maximum atomic E-state index is 6.31. The minimum absolute atomic E-state index is 0.618. The van der Waals surface area contributed by atoms with Crippen LogP contribution in [0, 0.1) is 0 Å².